The van der Waals surface area contributed by atoms with E-state index in [1.165, 1.54) is 51.4 Å². The largest absolute Gasteiger partial charge is 0.393 e. The molecule has 3 heteroatoms. The highest BCUT2D eigenvalue weighted by atomic mass is 16.6. The molecule has 1 unspecified atom stereocenters. The van der Waals surface area contributed by atoms with Gasteiger partial charge in [-0.15, -0.1) is 0 Å². The first-order valence-corrected chi connectivity index (χ1v) is 7.65. The van der Waals surface area contributed by atoms with Crippen molar-refractivity contribution in [3.8, 4) is 0 Å². The van der Waals surface area contributed by atoms with Crippen molar-refractivity contribution in [1.29, 1.82) is 0 Å². The molecule has 0 aromatic rings. The summed E-state index contributed by atoms with van der Waals surface area (Å²) >= 11 is 0. The van der Waals surface area contributed by atoms with E-state index in [9.17, 15) is 9.59 Å². The number of carbonyl (C=O) groups excluding carboxylic acids is 2. The minimum absolute atomic E-state index is 0.215. The molecule has 1 aliphatic rings. The van der Waals surface area contributed by atoms with E-state index in [4.69, 9.17) is 0 Å². The average molecular weight is 266 g/mol. The van der Waals surface area contributed by atoms with Gasteiger partial charge in [0.25, 0.3) is 0 Å². The monoisotopic (exact) mass is 266 g/mol. The Morgan fingerprint density at radius 1 is 1.05 bits per heavy atom. The smallest absolute Gasteiger partial charge is 0.321 e. The molecule has 108 valence electrons. The highest BCUT2D eigenvalue weighted by molar-refractivity contribution is 5.95. The van der Waals surface area contributed by atoms with Gasteiger partial charge in [0.15, 0.2) is 0 Å². The highest BCUT2D eigenvalue weighted by Gasteiger charge is 2.30. The van der Waals surface area contributed by atoms with E-state index in [-0.39, 0.29) is 12.3 Å². The van der Waals surface area contributed by atoms with Crippen molar-refractivity contribution in [2.24, 2.45) is 5.92 Å². The summed E-state index contributed by atoms with van der Waals surface area (Å²) in [5, 5.41) is 0. The first-order chi connectivity index (χ1) is 9.24. The zero-order chi connectivity index (χ0) is 13.9. The van der Waals surface area contributed by atoms with E-state index in [0.717, 1.165) is 6.42 Å². The lowest BCUT2D eigenvalue weighted by molar-refractivity contribution is -0.152. The summed E-state index contributed by atoms with van der Waals surface area (Å²) < 4.78 is 4.49. The van der Waals surface area contributed by atoms with E-state index in [1.807, 2.05) is 12.2 Å². The quantitative estimate of drug-likeness (QED) is 0.258. The number of unbranched alkanes of at least 4 members (excludes halogenated alkanes) is 8. The van der Waals surface area contributed by atoms with Crippen molar-refractivity contribution < 1.29 is 14.3 Å². The Morgan fingerprint density at radius 2 is 1.68 bits per heavy atom. The van der Waals surface area contributed by atoms with Crippen molar-refractivity contribution in [2.75, 3.05) is 0 Å². The molecular formula is C16H26O3. The molecule has 1 aliphatic heterocycles. The maximum Gasteiger partial charge on any atom is 0.321 e. The minimum Gasteiger partial charge on any atom is -0.393 e. The number of rotatable bonds is 10. The Kier molecular flexibility index (Phi) is 8.19. The van der Waals surface area contributed by atoms with Crippen LogP contribution in [0.3, 0.4) is 0 Å². The van der Waals surface area contributed by atoms with Crippen LogP contribution in [0, 0.1) is 5.92 Å². The third-order valence-electron chi connectivity index (χ3n) is 3.50. The summed E-state index contributed by atoms with van der Waals surface area (Å²) in [6, 6.07) is 0. The normalized spacial score (nSPS) is 19.3. The van der Waals surface area contributed by atoms with Crippen LogP contribution in [0.25, 0.3) is 0 Å². The molecule has 1 saturated heterocycles. The van der Waals surface area contributed by atoms with Crippen molar-refractivity contribution >= 4 is 11.9 Å². The van der Waals surface area contributed by atoms with Crippen LogP contribution < -0.4 is 0 Å². The molecule has 0 radical (unpaired) electrons. The van der Waals surface area contributed by atoms with E-state index < -0.39 is 11.9 Å². The molecule has 0 amide bonds. The maximum absolute atomic E-state index is 11.2. The molecule has 0 saturated carbocycles. The van der Waals surface area contributed by atoms with Gasteiger partial charge in [-0.05, 0) is 12.8 Å². The van der Waals surface area contributed by atoms with Gasteiger partial charge < -0.3 is 4.74 Å². The van der Waals surface area contributed by atoms with Crippen molar-refractivity contribution in [3.63, 3.8) is 0 Å². The third-order valence-corrected chi connectivity index (χ3v) is 3.50. The van der Waals surface area contributed by atoms with Crippen LogP contribution in [-0.4, -0.2) is 11.9 Å². The fourth-order valence-corrected chi connectivity index (χ4v) is 2.30. The third kappa shape index (κ3) is 7.14. The van der Waals surface area contributed by atoms with Gasteiger partial charge in [-0.1, -0.05) is 64.0 Å². The Bertz CT molecular complexity index is 307. The molecule has 3 nitrogen and oxygen atoms in total. The first-order valence-electron chi connectivity index (χ1n) is 7.65. The van der Waals surface area contributed by atoms with Crippen molar-refractivity contribution in [1.82, 2.24) is 0 Å². The van der Waals surface area contributed by atoms with E-state index in [1.54, 1.807) is 0 Å². The van der Waals surface area contributed by atoms with Gasteiger partial charge in [-0.25, -0.2) is 0 Å². The molecule has 1 heterocycles. The number of cyclic esters (lactones) is 2. The fourth-order valence-electron chi connectivity index (χ4n) is 2.30. The summed E-state index contributed by atoms with van der Waals surface area (Å²) in [7, 11) is 0. The van der Waals surface area contributed by atoms with E-state index in [2.05, 4.69) is 11.7 Å². The van der Waals surface area contributed by atoms with Gasteiger partial charge in [0.1, 0.15) is 0 Å². The molecule has 1 rings (SSSR count). The van der Waals surface area contributed by atoms with Crippen LogP contribution >= 0.6 is 0 Å². The lowest BCUT2D eigenvalue weighted by Gasteiger charge is -2.00. The molecule has 1 fully saturated rings. The van der Waals surface area contributed by atoms with Crippen LogP contribution in [0.1, 0.15) is 71.1 Å². The zero-order valence-corrected chi connectivity index (χ0v) is 12.0. The number of ether oxygens (including phenoxy) is 1. The lowest BCUT2D eigenvalue weighted by Crippen LogP contribution is -2.03. The summed E-state index contributed by atoms with van der Waals surface area (Å²) in [5.41, 5.74) is 0. The molecule has 0 aromatic carbocycles. The van der Waals surface area contributed by atoms with Crippen molar-refractivity contribution in [3.05, 3.63) is 12.2 Å². The number of carbonyl (C=O) groups is 2. The van der Waals surface area contributed by atoms with Crippen LogP contribution in [0.15, 0.2) is 12.2 Å². The standard InChI is InChI=1S/C16H26O3/c1-2-3-4-5-6-7-8-9-10-11-12-14-13-15(17)19-16(14)18/h11-12,14H,2-10,13H2,1H3/b12-11-. The Morgan fingerprint density at radius 3 is 2.26 bits per heavy atom. The molecule has 19 heavy (non-hydrogen) atoms. The van der Waals surface area contributed by atoms with Crippen molar-refractivity contribution in [2.45, 2.75) is 71.1 Å². The number of hydrogen-bond donors (Lipinski definition) is 0. The minimum atomic E-state index is -0.397. The van der Waals surface area contributed by atoms with E-state index in [0.29, 0.717) is 0 Å². The molecule has 0 N–H and O–H groups in total. The van der Waals surface area contributed by atoms with Gasteiger partial charge >= 0.3 is 11.9 Å². The van der Waals surface area contributed by atoms with E-state index >= 15 is 0 Å². The molecule has 0 aromatic heterocycles. The topological polar surface area (TPSA) is 43.4 Å². The van der Waals surface area contributed by atoms with Gasteiger partial charge in [0.05, 0.1) is 12.3 Å². The lowest BCUT2D eigenvalue weighted by atomic mass is 10.0. The Labute approximate surface area is 116 Å². The highest BCUT2D eigenvalue weighted by Crippen LogP contribution is 2.17. The second-order valence-corrected chi connectivity index (χ2v) is 5.30. The number of hydrogen-bond acceptors (Lipinski definition) is 3. The summed E-state index contributed by atoms with van der Waals surface area (Å²) in [6.45, 7) is 2.24. The van der Waals surface area contributed by atoms with Crippen LogP contribution in [-0.2, 0) is 14.3 Å². The maximum atomic E-state index is 11.2. The predicted octanol–water partition coefficient (Wildman–Crippen LogP) is 4.16. The summed E-state index contributed by atoms with van der Waals surface area (Å²) in [4.78, 5) is 22.1. The van der Waals surface area contributed by atoms with Crippen LogP contribution in [0.2, 0.25) is 0 Å². The summed E-state index contributed by atoms with van der Waals surface area (Å²) in [6.07, 6.45) is 15.5. The summed E-state index contributed by atoms with van der Waals surface area (Å²) in [5.74, 6) is -1.12. The fraction of sp³-hybridized carbons (Fsp3) is 0.750. The number of allylic oxidation sites excluding steroid dienone is 1. The number of esters is 2. The average Bonchev–Trinajstić information content (AvgIpc) is 2.70. The second-order valence-electron chi connectivity index (χ2n) is 5.30. The van der Waals surface area contributed by atoms with Gasteiger partial charge in [0.2, 0.25) is 0 Å². The zero-order valence-electron chi connectivity index (χ0n) is 12.0. The van der Waals surface area contributed by atoms with Gasteiger partial charge in [-0.2, -0.15) is 0 Å². The molecule has 0 aliphatic carbocycles. The van der Waals surface area contributed by atoms with Crippen LogP contribution in [0.5, 0.6) is 0 Å². The molecular weight excluding hydrogens is 240 g/mol. The molecule has 1 atom stereocenters. The Balaban J connectivity index is 1.93. The SMILES string of the molecule is CCCCCCCCCC/C=C\C1CC(=O)OC1=O. The predicted molar refractivity (Wildman–Crippen MR) is 75.6 cm³/mol. The Hall–Kier alpha value is -1.12. The molecule has 0 bridgehead atoms. The van der Waals surface area contributed by atoms with Crippen LogP contribution in [0.4, 0.5) is 0 Å². The first kappa shape index (κ1) is 15.9. The molecule has 0 spiro atoms. The second kappa shape index (κ2) is 9.76. The van der Waals surface area contributed by atoms with Gasteiger partial charge in [0, 0.05) is 0 Å². The van der Waals surface area contributed by atoms with Gasteiger partial charge in [-0.3, -0.25) is 9.59 Å².